The molecule has 1 aromatic carbocycles. The quantitative estimate of drug-likeness (QED) is 0.295. The number of aromatic nitrogens is 3. The zero-order valence-electron chi connectivity index (χ0n) is 18.6. The molecule has 3 N–H and O–H groups in total. The summed E-state index contributed by atoms with van der Waals surface area (Å²) in [5.41, 5.74) is 1.35. The molecule has 0 saturated carbocycles. The Morgan fingerprint density at radius 2 is 1.94 bits per heavy atom. The van der Waals surface area contributed by atoms with E-state index in [2.05, 4.69) is 35.7 Å². The summed E-state index contributed by atoms with van der Waals surface area (Å²) in [6.45, 7) is 7.83. The highest BCUT2D eigenvalue weighted by atomic mass is 127. The molecular formula is C21H32IN7O2. The highest BCUT2D eigenvalue weighted by molar-refractivity contribution is 14.0. The lowest BCUT2D eigenvalue weighted by atomic mass is 10.1. The number of ether oxygens (including phenoxy) is 1. The average Bonchev–Trinajstić information content (AvgIpc) is 3.28. The molecule has 9 nitrogen and oxygen atoms in total. The van der Waals surface area contributed by atoms with Gasteiger partial charge in [-0.1, -0.05) is 12.1 Å². The maximum Gasteiger partial charge on any atom is 0.412 e. The number of hydrogen-bond donors (Lipinski definition) is 3. The van der Waals surface area contributed by atoms with Crippen LogP contribution in [0, 0.1) is 0 Å². The second-order valence-corrected chi connectivity index (χ2v) is 8.21. The van der Waals surface area contributed by atoms with E-state index in [4.69, 9.17) is 4.74 Å². The van der Waals surface area contributed by atoms with E-state index in [1.165, 1.54) is 0 Å². The van der Waals surface area contributed by atoms with Gasteiger partial charge in [-0.15, -0.1) is 34.2 Å². The van der Waals surface area contributed by atoms with E-state index in [-0.39, 0.29) is 24.0 Å². The maximum atomic E-state index is 11.8. The van der Waals surface area contributed by atoms with Gasteiger partial charge >= 0.3 is 6.09 Å². The predicted octanol–water partition coefficient (Wildman–Crippen LogP) is 3.10. The number of rotatable bonds is 6. The van der Waals surface area contributed by atoms with Crippen LogP contribution in [0.5, 0.6) is 0 Å². The summed E-state index contributed by atoms with van der Waals surface area (Å²) in [5, 5.41) is 17.8. The summed E-state index contributed by atoms with van der Waals surface area (Å²) in [6, 6.07) is 7.73. The number of amides is 1. The van der Waals surface area contributed by atoms with Crippen LogP contribution < -0.4 is 16.0 Å². The summed E-state index contributed by atoms with van der Waals surface area (Å²) in [7, 11) is 1.75. The van der Waals surface area contributed by atoms with Crippen molar-refractivity contribution in [3.8, 4) is 0 Å². The molecule has 1 amide bonds. The van der Waals surface area contributed by atoms with Crippen molar-refractivity contribution >= 4 is 41.7 Å². The van der Waals surface area contributed by atoms with Crippen LogP contribution in [0.15, 0.2) is 29.3 Å². The molecule has 0 saturated heterocycles. The molecule has 170 valence electrons. The Balaban J connectivity index is 0.00000341. The lowest BCUT2D eigenvalue weighted by Crippen LogP contribution is -2.38. The summed E-state index contributed by atoms with van der Waals surface area (Å²) in [4.78, 5) is 16.1. The number of carbonyl (C=O) groups is 1. The fourth-order valence-corrected chi connectivity index (χ4v) is 3.23. The zero-order chi connectivity index (χ0) is 21.6. The van der Waals surface area contributed by atoms with Crippen molar-refractivity contribution in [1.29, 1.82) is 0 Å². The normalized spacial score (nSPS) is 13.2. The van der Waals surface area contributed by atoms with E-state index >= 15 is 0 Å². The van der Waals surface area contributed by atoms with E-state index in [9.17, 15) is 4.79 Å². The van der Waals surface area contributed by atoms with Crippen LogP contribution >= 0.6 is 24.0 Å². The van der Waals surface area contributed by atoms with Gasteiger partial charge in [0.25, 0.3) is 0 Å². The highest BCUT2D eigenvalue weighted by Crippen LogP contribution is 2.14. The monoisotopic (exact) mass is 541 g/mol. The number of nitrogens with one attached hydrogen (secondary N) is 3. The Kier molecular flexibility index (Phi) is 9.08. The van der Waals surface area contributed by atoms with E-state index in [1.54, 1.807) is 7.05 Å². The first-order valence-corrected chi connectivity index (χ1v) is 10.3. The van der Waals surface area contributed by atoms with Crippen molar-refractivity contribution in [2.24, 2.45) is 4.99 Å². The number of aryl methyl sites for hydroxylation is 1. The van der Waals surface area contributed by atoms with E-state index < -0.39 is 11.7 Å². The maximum absolute atomic E-state index is 11.8. The van der Waals surface area contributed by atoms with Crippen LogP contribution in [0.25, 0.3) is 0 Å². The molecule has 3 rings (SSSR count). The Hall–Kier alpha value is -2.37. The highest BCUT2D eigenvalue weighted by Gasteiger charge is 2.17. The molecule has 10 heteroatoms. The van der Waals surface area contributed by atoms with Crippen LogP contribution in [0.1, 0.15) is 44.4 Å². The van der Waals surface area contributed by atoms with Crippen molar-refractivity contribution in [2.45, 2.75) is 58.7 Å². The number of benzene rings is 1. The van der Waals surface area contributed by atoms with Crippen LogP contribution in [-0.4, -0.2) is 46.0 Å². The lowest BCUT2D eigenvalue weighted by molar-refractivity contribution is 0.0636. The Morgan fingerprint density at radius 3 is 2.61 bits per heavy atom. The standard InChI is InChI=1S/C21H31N7O2.HI/c1-21(2,3)30-20(29)25-16-9-7-15(8-10-16)11-12-23-19(22-4)24-14-18-27-26-17-6-5-13-28(17)18;/h7-10H,5-6,11-14H2,1-4H3,(H,25,29)(H2,22,23,24);1H. The van der Waals surface area contributed by atoms with E-state index in [0.29, 0.717) is 12.2 Å². The summed E-state index contributed by atoms with van der Waals surface area (Å²) >= 11 is 0. The van der Waals surface area contributed by atoms with Gasteiger partial charge in [0.1, 0.15) is 11.4 Å². The summed E-state index contributed by atoms with van der Waals surface area (Å²) < 4.78 is 7.43. The van der Waals surface area contributed by atoms with Crippen LogP contribution in [0.4, 0.5) is 10.5 Å². The number of aliphatic imine (C=N–C) groups is 1. The van der Waals surface area contributed by atoms with Gasteiger partial charge in [-0.25, -0.2) is 4.79 Å². The van der Waals surface area contributed by atoms with Gasteiger partial charge < -0.3 is 19.9 Å². The SMILES string of the molecule is CN=C(NCCc1ccc(NC(=O)OC(C)(C)C)cc1)NCc1nnc2n1CCC2.I. The molecule has 0 bridgehead atoms. The van der Waals surface area contributed by atoms with Crippen molar-refractivity contribution in [3.63, 3.8) is 0 Å². The molecule has 0 spiro atoms. The summed E-state index contributed by atoms with van der Waals surface area (Å²) in [6.07, 6.45) is 2.52. The van der Waals surface area contributed by atoms with Crippen molar-refractivity contribution in [2.75, 3.05) is 18.9 Å². The van der Waals surface area contributed by atoms with Crippen molar-refractivity contribution < 1.29 is 9.53 Å². The summed E-state index contributed by atoms with van der Waals surface area (Å²) in [5.74, 6) is 2.74. The molecule has 1 aliphatic rings. The van der Waals surface area contributed by atoms with Gasteiger partial charge in [-0.05, 0) is 51.3 Å². The Labute approximate surface area is 200 Å². The average molecular weight is 541 g/mol. The van der Waals surface area contributed by atoms with Crippen LogP contribution in [-0.2, 0) is 30.7 Å². The molecule has 0 unspecified atom stereocenters. The second kappa shape index (κ2) is 11.3. The fraction of sp³-hybridized carbons (Fsp3) is 0.524. The van der Waals surface area contributed by atoms with Gasteiger partial charge in [-0.2, -0.15) is 0 Å². The number of nitrogens with zero attached hydrogens (tertiary/aromatic N) is 4. The fourth-order valence-electron chi connectivity index (χ4n) is 3.23. The minimum Gasteiger partial charge on any atom is -0.444 e. The molecule has 0 aliphatic carbocycles. The minimum atomic E-state index is -0.517. The number of hydrogen-bond acceptors (Lipinski definition) is 5. The van der Waals surface area contributed by atoms with Crippen molar-refractivity contribution in [1.82, 2.24) is 25.4 Å². The first-order valence-electron chi connectivity index (χ1n) is 10.3. The molecular weight excluding hydrogens is 509 g/mol. The third-order valence-corrected chi connectivity index (χ3v) is 4.63. The number of fused-ring (bicyclic) bond motifs is 1. The smallest absolute Gasteiger partial charge is 0.412 e. The van der Waals surface area contributed by atoms with Gasteiger partial charge in [0.05, 0.1) is 6.54 Å². The first kappa shape index (κ1) is 24.9. The topological polar surface area (TPSA) is 105 Å². The van der Waals surface area contributed by atoms with E-state index in [0.717, 1.165) is 55.5 Å². The minimum absolute atomic E-state index is 0. The zero-order valence-corrected chi connectivity index (χ0v) is 20.9. The molecule has 0 radical (unpaired) electrons. The van der Waals surface area contributed by atoms with Crippen molar-refractivity contribution in [3.05, 3.63) is 41.5 Å². The number of guanidine groups is 1. The number of anilines is 1. The first-order chi connectivity index (χ1) is 14.3. The molecule has 2 heterocycles. The third-order valence-electron chi connectivity index (χ3n) is 4.63. The van der Waals surface area contributed by atoms with Crippen LogP contribution in [0.2, 0.25) is 0 Å². The molecule has 31 heavy (non-hydrogen) atoms. The van der Waals surface area contributed by atoms with Gasteiger partial charge in [0.15, 0.2) is 11.8 Å². The molecule has 2 aromatic rings. The third kappa shape index (κ3) is 7.67. The molecule has 0 fully saturated rings. The predicted molar refractivity (Wildman–Crippen MR) is 132 cm³/mol. The largest absolute Gasteiger partial charge is 0.444 e. The van der Waals surface area contributed by atoms with Gasteiger partial charge in [0, 0.05) is 32.2 Å². The van der Waals surface area contributed by atoms with E-state index in [1.807, 2.05) is 45.0 Å². The Bertz CT molecular complexity index is 888. The van der Waals surface area contributed by atoms with Gasteiger partial charge in [-0.3, -0.25) is 10.3 Å². The molecule has 1 aliphatic heterocycles. The van der Waals surface area contributed by atoms with Gasteiger partial charge in [0.2, 0.25) is 0 Å². The second-order valence-electron chi connectivity index (χ2n) is 8.21. The molecule has 1 aromatic heterocycles. The number of carbonyl (C=O) groups excluding carboxylic acids is 1. The van der Waals surface area contributed by atoms with Crippen LogP contribution in [0.3, 0.4) is 0 Å². The molecule has 0 atom stereocenters. The number of halogens is 1. The lowest BCUT2D eigenvalue weighted by Gasteiger charge is -2.19. The Morgan fingerprint density at radius 1 is 1.19 bits per heavy atom.